The summed E-state index contributed by atoms with van der Waals surface area (Å²) >= 11 is 6.15. The van der Waals surface area contributed by atoms with E-state index in [-0.39, 0.29) is 16.5 Å². The van der Waals surface area contributed by atoms with Gasteiger partial charge in [-0.2, -0.15) is 0 Å². The first kappa shape index (κ1) is 16.0. The van der Waals surface area contributed by atoms with Gasteiger partial charge < -0.3 is 5.73 Å². The summed E-state index contributed by atoms with van der Waals surface area (Å²) in [6, 6.07) is 10.7. The Morgan fingerprint density at radius 3 is 2.52 bits per heavy atom. The predicted octanol–water partition coefficient (Wildman–Crippen LogP) is 2.40. The normalized spacial score (nSPS) is 17.0. The zero-order chi connectivity index (χ0) is 16.6. The van der Waals surface area contributed by atoms with Crippen molar-refractivity contribution in [2.75, 3.05) is 0 Å². The van der Waals surface area contributed by atoms with Crippen molar-refractivity contribution in [2.24, 2.45) is 5.73 Å². The molecule has 0 aliphatic heterocycles. The van der Waals surface area contributed by atoms with Gasteiger partial charge in [-0.05, 0) is 54.3 Å². The molecule has 120 valence electrons. The first-order valence-corrected chi connectivity index (χ1v) is 8.94. The van der Waals surface area contributed by atoms with Crippen LogP contribution in [0.3, 0.4) is 0 Å². The lowest BCUT2D eigenvalue weighted by Gasteiger charge is -2.15. The third kappa shape index (κ3) is 3.10. The first-order chi connectivity index (χ1) is 10.9. The van der Waals surface area contributed by atoms with Crippen molar-refractivity contribution in [3.8, 4) is 0 Å². The van der Waals surface area contributed by atoms with Gasteiger partial charge in [0.2, 0.25) is 15.9 Å². The lowest BCUT2D eigenvalue weighted by atomic mass is 10.1. The van der Waals surface area contributed by atoms with E-state index in [1.807, 2.05) is 12.1 Å². The summed E-state index contributed by atoms with van der Waals surface area (Å²) in [7, 11) is -3.69. The quantitative estimate of drug-likeness (QED) is 0.887. The summed E-state index contributed by atoms with van der Waals surface area (Å²) in [6.07, 6.45) is 1.40. The van der Waals surface area contributed by atoms with Crippen LogP contribution < -0.4 is 10.5 Å². The van der Waals surface area contributed by atoms with E-state index in [2.05, 4.69) is 4.72 Å². The standard InChI is InChI=1S/C16H15ClN2O3S/c17-14-3-1-2-13-12(14)8-9-15(13)19-23(21,22)11-6-4-10(5-7-11)16(18)20/h1-7,15,19H,8-9H2,(H2,18,20)/t15-/m0/s1. The van der Waals surface area contributed by atoms with Crippen LogP contribution in [0.1, 0.15) is 33.9 Å². The van der Waals surface area contributed by atoms with Crippen LogP contribution in [0, 0.1) is 0 Å². The van der Waals surface area contributed by atoms with E-state index in [4.69, 9.17) is 17.3 Å². The molecule has 1 aliphatic carbocycles. The maximum Gasteiger partial charge on any atom is 0.248 e. The Morgan fingerprint density at radius 2 is 1.87 bits per heavy atom. The minimum Gasteiger partial charge on any atom is -0.366 e. The number of hydrogen-bond acceptors (Lipinski definition) is 3. The molecule has 3 N–H and O–H groups in total. The summed E-state index contributed by atoms with van der Waals surface area (Å²) < 4.78 is 27.7. The molecular weight excluding hydrogens is 336 g/mol. The number of amides is 1. The third-order valence-electron chi connectivity index (χ3n) is 3.96. The number of nitrogens with two attached hydrogens (primary N) is 1. The summed E-state index contributed by atoms with van der Waals surface area (Å²) in [4.78, 5) is 11.1. The highest BCUT2D eigenvalue weighted by molar-refractivity contribution is 7.89. The van der Waals surface area contributed by atoms with Gasteiger partial charge in [0.25, 0.3) is 0 Å². The SMILES string of the molecule is NC(=O)c1ccc(S(=O)(=O)N[C@H]2CCc3c(Cl)cccc32)cc1. The Hall–Kier alpha value is -1.89. The molecule has 0 fully saturated rings. The molecular formula is C16H15ClN2O3S. The molecule has 2 aromatic rings. The van der Waals surface area contributed by atoms with E-state index >= 15 is 0 Å². The van der Waals surface area contributed by atoms with E-state index in [1.54, 1.807) is 6.07 Å². The number of halogens is 1. The van der Waals surface area contributed by atoms with Gasteiger partial charge >= 0.3 is 0 Å². The monoisotopic (exact) mass is 350 g/mol. The van der Waals surface area contributed by atoms with Crippen molar-refractivity contribution < 1.29 is 13.2 Å². The molecule has 23 heavy (non-hydrogen) atoms. The van der Waals surface area contributed by atoms with Gasteiger partial charge in [-0.1, -0.05) is 23.7 Å². The lowest BCUT2D eigenvalue weighted by Crippen LogP contribution is -2.27. The number of fused-ring (bicyclic) bond motifs is 1. The second-order valence-electron chi connectivity index (χ2n) is 5.41. The number of hydrogen-bond donors (Lipinski definition) is 2. The second kappa shape index (κ2) is 5.96. The molecule has 0 radical (unpaired) electrons. The number of benzene rings is 2. The molecule has 1 aliphatic rings. The van der Waals surface area contributed by atoms with Gasteiger partial charge in [0.15, 0.2) is 0 Å². The van der Waals surface area contributed by atoms with Crippen molar-refractivity contribution in [2.45, 2.75) is 23.8 Å². The average molecular weight is 351 g/mol. The lowest BCUT2D eigenvalue weighted by molar-refractivity contribution is 0.1000. The summed E-state index contributed by atoms with van der Waals surface area (Å²) in [5.41, 5.74) is 7.32. The van der Waals surface area contributed by atoms with Crippen LogP contribution in [0.5, 0.6) is 0 Å². The van der Waals surface area contributed by atoms with Crippen LogP contribution in [0.25, 0.3) is 0 Å². The summed E-state index contributed by atoms with van der Waals surface area (Å²) in [5, 5.41) is 0.662. The van der Waals surface area contributed by atoms with E-state index in [0.29, 0.717) is 11.4 Å². The number of nitrogens with one attached hydrogen (secondary N) is 1. The van der Waals surface area contributed by atoms with Gasteiger partial charge in [0, 0.05) is 16.6 Å². The molecule has 3 rings (SSSR count). The molecule has 1 atom stereocenters. The molecule has 0 aromatic heterocycles. The molecule has 2 aromatic carbocycles. The molecule has 0 bridgehead atoms. The van der Waals surface area contributed by atoms with E-state index in [9.17, 15) is 13.2 Å². The van der Waals surface area contributed by atoms with Gasteiger partial charge in [-0.3, -0.25) is 4.79 Å². The number of sulfonamides is 1. The number of carbonyl (C=O) groups is 1. The highest BCUT2D eigenvalue weighted by atomic mass is 35.5. The van der Waals surface area contributed by atoms with Gasteiger partial charge in [-0.15, -0.1) is 0 Å². The predicted molar refractivity (Wildman–Crippen MR) is 87.8 cm³/mol. The second-order valence-corrected chi connectivity index (χ2v) is 7.53. The fourth-order valence-corrected chi connectivity index (χ4v) is 4.31. The van der Waals surface area contributed by atoms with Crippen LogP contribution in [-0.4, -0.2) is 14.3 Å². The van der Waals surface area contributed by atoms with Crippen LogP contribution in [0.15, 0.2) is 47.4 Å². The number of rotatable bonds is 4. The fourth-order valence-electron chi connectivity index (χ4n) is 2.79. The highest BCUT2D eigenvalue weighted by Gasteiger charge is 2.28. The van der Waals surface area contributed by atoms with Crippen molar-refractivity contribution in [3.63, 3.8) is 0 Å². The third-order valence-corrected chi connectivity index (χ3v) is 5.80. The molecule has 0 heterocycles. The van der Waals surface area contributed by atoms with Crippen molar-refractivity contribution in [3.05, 3.63) is 64.2 Å². The van der Waals surface area contributed by atoms with Crippen molar-refractivity contribution in [1.82, 2.24) is 4.72 Å². The highest BCUT2D eigenvalue weighted by Crippen LogP contribution is 2.36. The van der Waals surface area contributed by atoms with Crippen molar-refractivity contribution in [1.29, 1.82) is 0 Å². The topological polar surface area (TPSA) is 89.3 Å². The zero-order valence-corrected chi connectivity index (χ0v) is 13.7. The smallest absolute Gasteiger partial charge is 0.248 e. The Balaban J connectivity index is 1.86. The average Bonchev–Trinajstić information content (AvgIpc) is 2.91. The molecule has 0 unspecified atom stereocenters. The Kier molecular flexibility index (Phi) is 4.14. The minimum absolute atomic E-state index is 0.0954. The van der Waals surface area contributed by atoms with E-state index in [0.717, 1.165) is 17.5 Å². The van der Waals surface area contributed by atoms with Crippen LogP contribution in [-0.2, 0) is 16.4 Å². The Bertz CT molecular complexity index is 863. The summed E-state index contributed by atoms with van der Waals surface area (Å²) in [5.74, 6) is -0.596. The molecule has 1 amide bonds. The molecule has 0 saturated carbocycles. The van der Waals surface area contributed by atoms with Gasteiger partial charge in [0.05, 0.1) is 4.90 Å². The van der Waals surface area contributed by atoms with Gasteiger partial charge in [0.1, 0.15) is 0 Å². The molecule has 5 nitrogen and oxygen atoms in total. The van der Waals surface area contributed by atoms with Crippen LogP contribution in [0.4, 0.5) is 0 Å². The molecule has 0 spiro atoms. The Labute approximate surface area is 139 Å². The number of primary amides is 1. The molecule has 0 saturated heterocycles. The largest absolute Gasteiger partial charge is 0.366 e. The van der Waals surface area contributed by atoms with Crippen LogP contribution in [0.2, 0.25) is 5.02 Å². The Morgan fingerprint density at radius 1 is 1.17 bits per heavy atom. The minimum atomic E-state index is -3.69. The first-order valence-electron chi connectivity index (χ1n) is 7.08. The maximum absolute atomic E-state index is 12.5. The maximum atomic E-state index is 12.5. The van der Waals surface area contributed by atoms with Crippen molar-refractivity contribution >= 4 is 27.5 Å². The van der Waals surface area contributed by atoms with Gasteiger partial charge in [-0.25, -0.2) is 13.1 Å². The fraction of sp³-hybridized carbons (Fsp3) is 0.188. The van der Waals surface area contributed by atoms with Crippen LogP contribution >= 0.6 is 11.6 Å². The van der Waals surface area contributed by atoms with E-state index in [1.165, 1.54) is 24.3 Å². The summed E-state index contributed by atoms with van der Waals surface area (Å²) in [6.45, 7) is 0. The molecule has 7 heteroatoms. The zero-order valence-electron chi connectivity index (χ0n) is 12.1. The van der Waals surface area contributed by atoms with E-state index < -0.39 is 15.9 Å². The number of carbonyl (C=O) groups excluding carboxylic acids is 1.